The van der Waals surface area contributed by atoms with E-state index in [1.54, 1.807) is 13.0 Å². The predicted octanol–water partition coefficient (Wildman–Crippen LogP) is 7.00. The van der Waals surface area contributed by atoms with Gasteiger partial charge < -0.3 is 4.90 Å². The molecule has 164 valence electrons. The Morgan fingerprint density at radius 1 is 1.19 bits per heavy atom. The number of hydrogen-bond acceptors (Lipinski definition) is 2. The van der Waals surface area contributed by atoms with E-state index in [-0.39, 0.29) is 23.7 Å². The van der Waals surface area contributed by atoms with Crippen LogP contribution in [0, 0.1) is 5.41 Å². The van der Waals surface area contributed by atoms with Crippen LogP contribution in [-0.2, 0) is 9.59 Å². The highest BCUT2D eigenvalue weighted by molar-refractivity contribution is 6.30. The zero-order chi connectivity index (χ0) is 22.8. The van der Waals surface area contributed by atoms with Gasteiger partial charge in [0.25, 0.3) is 0 Å². The van der Waals surface area contributed by atoms with Crippen LogP contribution in [0.2, 0.25) is 10.0 Å². The van der Waals surface area contributed by atoms with Gasteiger partial charge in [-0.25, -0.2) is 0 Å². The fourth-order valence-electron chi connectivity index (χ4n) is 4.91. The molecule has 31 heavy (non-hydrogen) atoms. The molecule has 3 nitrogen and oxygen atoms in total. The van der Waals surface area contributed by atoms with E-state index in [9.17, 15) is 9.59 Å². The van der Waals surface area contributed by atoms with Crippen LogP contribution in [0.4, 0.5) is 0 Å². The molecule has 3 rings (SSSR count). The van der Waals surface area contributed by atoms with Crippen LogP contribution in [0.15, 0.2) is 61.2 Å². The molecule has 5 heteroatoms. The fourth-order valence-corrected chi connectivity index (χ4v) is 5.24. The molecule has 0 bridgehead atoms. The van der Waals surface area contributed by atoms with E-state index >= 15 is 0 Å². The summed E-state index contributed by atoms with van der Waals surface area (Å²) in [5.41, 5.74) is 1.36. The number of benzene rings is 2. The zero-order valence-corrected chi connectivity index (χ0v) is 19.8. The van der Waals surface area contributed by atoms with Crippen molar-refractivity contribution in [2.24, 2.45) is 5.41 Å². The number of rotatable bonds is 7. The van der Waals surface area contributed by atoms with Crippen molar-refractivity contribution < 1.29 is 9.59 Å². The molecule has 1 aliphatic heterocycles. The molecule has 0 aliphatic carbocycles. The van der Waals surface area contributed by atoms with Crippen LogP contribution < -0.4 is 0 Å². The van der Waals surface area contributed by atoms with Gasteiger partial charge in [-0.1, -0.05) is 67.4 Å². The SMILES string of the molecule is C=CC[C@@]1(C)CC(c2cccc(Cl)c2)[C@@H](c2ccc(Cl)cc2)N(C(CC)C(C)=O)C1=O. The van der Waals surface area contributed by atoms with Crippen molar-refractivity contribution in [2.75, 3.05) is 0 Å². The number of likely N-dealkylation sites (tertiary alicyclic amines) is 1. The van der Waals surface area contributed by atoms with Gasteiger partial charge in [0, 0.05) is 16.0 Å². The molecule has 0 spiro atoms. The number of carbonyl (C=O) groups is 2. The number of hydrogen-bond donors (Lipinski definition) is 0. The summed E-state index contributed by atoms with van der Waals surface area (Å²) in [6.45, 7) is 9.38. The number of ketones is 1. The van der Waals surface area contributed by atoms with E-state index in [0.29, 0.717) is 29.3 Å². The first kappa shape index (κ1) is 23.6. The number of Topliss-reactive ketones (excluding diaryl/α,β-unsaturated/α-hetero) is 1. The van der Waals surface area contributed by atoms with E-state index in [4.69, 9.17) is 23.2 Å². The number of piperidine rings is 1. The molecule has 2 unspecified atom stereocenters. The van der Waals surface area contributed by atoms with Crippen LogP contribution in [0.25, 0.3) is 0 Å². The number of nitrogens with zero attached hydrogens (tertiary/aromatic N) is 1. The van der Waals surface area contributed by atoms with Gasteiger partial charge in [-0.05, 0) is 61.6 Å². The van der Waals surface area contributed by atoms with E-state index in [2.05, 4.69) is 12.6 Å². The topological polar surface area (TPSA) is 37.4 Å². The second kappa shape index (κ2) is 9.58. The van der Waals surface area contributed by atoms with Crippen LogP contribution in [-0.4, -0.2) is 22.6 Å². The molecule has 0 radical (unpaired) electrons. The Labute approximate surface area is 195 Å². The third-order valence-electron chi connectivity index (χ3n) is 6.38. The maximum Gasteiger partial charge on any atom is 0.229 e. The molecule has 0 aromatic heterocycles. The molecule has 0 N–H and O–H groups in total. The zero-order valence-electron chi connectivity index (χ0n) is 18.3. The summed E-state index contributed by atoms with van der Waals surface area (Å²) < 4.78 is 0. The Kier molecular flexibility index (Phi) is 7.28. The van der Waals surface area contributed by atoms with E-state index in [0.717, 1.165) is 11.1 Å². The highest BCUT2D eigenvalue weighted by Crippen LogP contribution is 2.52. The van der Waals surface area contributed by atoms with Crippen molar-refractivity contribution in [3.8, 4) is 0 Å². The van der Waals surface area contributed by atoms with Crippen molar-refractivity contribution in [3.63, 3.8) is 0 Å². The number of halogens is 2. The minimum absolute atomic E-state index is 0.00678. The highest BCUT2D eigenvalue weighted by atomic mass is 35.5. The molecular weight excluding hydrogens is 429 g/mol. The van der Waals surface area contributed by atoms with Gasteiger partial charge >= 0.3 is 0 Å². The van der Waals surface area contributed by atoms with Gasteiger partial charge in [-0.2, -0.15) is 0 Å². The third kappa shape index (κ3) is 4.73. The Morgan fingerprint density at radius 2 is 1.87 bits per heavy atom. The number of carbonyl (C=O) groups excluding carboxylic acids is 2. The molecule has 4 atom stereocenters. The summed E-state index contributed by atoms with van der Waals surface area (Å²) in [7, 11) is 0. The normalized spacial score (nSPS) is 24.7. The first-order valence-corrected chi connectivity index (χ1v) is 11.4. The molecule has 2 aromatic carbocycles. The van der Waals surface area contributed by atoms with E-state index in [1.165, 1.54) is 0 Å². The van der Waals surface area contributed by atoms with Gasteiger partial charge in [-0.3, -0.25) is 9.59 Å². The van der Waals surface area contributed by atoms with Gasteiger partial charge in [0.1, 0.15) is 0 Å². The quantitative estimate of drug-likeness (QED) is 0.419. The Morgan fingerprint density at radius 3 is 2.42 bits per heavy atom. The third-order valence-corrected chi connectivity index (χ3v) is 6.86. The molecule has 2 aromatic rings. The Hall–Kier alpha value is -2.10. The minimum atomic E-state index is -0.652. The molecule has 1 heterocycles. The van der Waals surface area contributed by atoms with Gasteiger partial charge in [0.15, 0.2) is 5.78 Å². The number of allylic oxidation sites excluding steroid dienone is 1. The Bertz CT molecular complexity index is 972. The summed E-state index contributed by atoms with van der Waals surface area (Å²) in [6.07, 6.45) is 3.53. The maximum absolute atomic E-state index is 13.9. The lowest BCUT2D eigenvalue weighted by atomic mass is 9.67. The van der Waals surface area contributed by atoms with Gasteiger partial charge in [0.05, 0.1) is 17.5 Å². The standard InChI is InChI=1S/C26H29Cl2NO2/c1-5-14-26(4)16-22(19-8-7-9-21(28)15-19)24(18-10-12-20(27)13-11-18)29(25(26)31)23(6-2)17(3)30/h5,7-13,15,22-24H,1,6,14,16H2,2-4H3/t22?,23?,24-,26+/m1/s1. The first-order valence-electron chi connectivity index (χ1n) is 10.7. The molecule has 1 aliphatic rings. The first-order chi connectivity index (χ1) is 14.7. The van der Waals surface area contributed by atoms with Crippen LogP contribution in [0.3, 0.4) is 0 Å². The molecular formula is C26H29Cl2NO2. The lowest BCUT2D eigenvalue weighted by Gasteiger charge is -2.51. The monoisotopic (exact) mass is 457 g/mol. The summed E-state index contributed by atoms with van der Waals surface area (Å²) in [5, 5.41) is 1.28. The maximum atomic E-state index is 13.9. The average Bonchev–Trinajstić information content (AvgIpc) is 2.72. The van der Waals surface area contributed by atoms with Crippen LogP contribution in [0.5, 0.6) is 0 Å². The molecule has 1 saturated heterocycles. The molecule has 0 saturated carbocycles. The van der Waals surface area contributed by atoms with Gasteiger partial charge in [-0.15, -0.1) is 6.58 Å². The highest BCUT2D eigenvalue weighted by Gasteiger charge is 2.51. The fraction of sp³-hybridized carbons (Fsp3) is 0.385. The number of amides is 1. The minimum Gasteiger partial charge on any atom is -0.325 e. The second-order valence-corrected chi connectivity index (χ2v) is 9.54. The predicted molar refractivity (Wildman–Crippen MR) is 128 cm³/mol. The van der Waals surface area contributed by atoms with Gasteiger partial charge in [0.2, 0.25) is 5.91 Å². The second-order valence-electron chi connectivity index (χ2n) is 8.66. The van der Waals surface area contributed by atoms with Crippen molar-refractivity contribution in [1.82, 2.24) is 4.90 Å². The van der Waals surface area contributed by atoms with Crippen LogP contribution >= 0.6 is 23.2 Å². The Balaban J connectivity index is 2.25. The van der Waals surface area contributed by atoms with E-state index in [1.807, 2.05) is 61.2 Å². The van der Waals surface area contributed by atoms with Crippen molar-refractivity contribution in [1.29, 1.82) is 0 Å². The van der Waals surface area contributed by atoms with Crippen LogP contribution in [0.1, 0.15) is 63.1 Å². The largest absolute Gasteiger partial charge is 0.325 e. The lowest BCUT2D eigenvalue weighted by Crippen LogP contribution is -2.57. The lowest BCUT2D eigenvalue weighted by molar-refractivity contribution is -0.157. The summed E-state index contributed by atoms with van der Waals surface area (Å²) in [6, 6.07) is 14.6. The molecule has 1 amide bonds. The summed E-state index contributed by atoms with van der Waals surface area (Å²) in [4.78, 5) is 28.4. The smallest absolute Gasteiger partial charge is 0.229 e. The average molecular weight is 458 g/mol. The van der Waals surface area contributed by atoms with Crippen molar-refractivity contribution in [2.45, 2.75) is 58.0 Å². The van der Waals surface area contributed by atoms with Crippen molar-refractivity contribution in [3.05, 3.63) is 82.4 Å². The van der Waals surface area contributed by atoms with Crippen molar-refractivity contribution >= 4 is 34.9 Å². The summed E-state index contributed by atoms with van der Waals surface area (Å²) >= 11 is 12.5. The molecule has 1 fully saturated rings. The van der Waals surface area contributed by atoms with E-state index < -0.39 is 11.5 Å². The summed E-state index contributed by atoms with van der Waals surface area (Å²) in [5.74, 6) is -0.0499.